The average molecular weight is 258 g/mol. The summed E-state index contributed by atoms with van der Waals surface area (Å²) < 4.78 is 10.7. The molecule has 0 atom stereocenters. The minimum absolute atomic E-state index is 0.782. The van der Waals surface area contributed by atoms with E-state index in [1.807, 2.05) is 49.3 Å². The molecular formula is C15H18N2O2. The number of hydrogen-bond donors (Lipinski definition) is 0. The van der Waals surface area contributed by atoms with Crippen LogP contribution in [-0.2, 0) is 0 Å². The van der Waals surface area contributed by atoms with Gasteiger partial charge in [-0.2, -0.15) is 0 Å². The second-order valence-corrected chi connectivity index (χ2v) is 4.36. The summed E-state index contributed by atoms with van der Waals surface area (Å²) in [6.07, 6.45) is 1.80. The lowest BCUT2D eigenvalue weighted by Gasteiger charge is -2.14. The number of pyridine rings is 1. The van der Waals surface area contributed by atoms with Crippen LogP contribution < -0.4 is 14.4 Å². The second kappa shape index (κ2) is 5.61. The number of anilines is 1. The Bertz CT molecular complexity index is 568. The molecule has 1 aromatic carbocycles. The first kappa shape index (κ1) is 13.2. The quantitative estimate of drug-likeness (QED) is 0.844. The number of methoxy groups -OCH3 is 2. The molecule has 1 aromatic heterocycles. The zero-order valence-corrected chi connectivity index (χ0v) is 11.7. The van der Waals surface area contributed by atoms with Crippen LogP contribution in [0, 0.1) is 0 Å². The van der Waals surface area contributed by atoms with E-state index < -0.39 is 0 Å². The van der Waals surface area contributed by atoms with Crippen LogP contribution in [0.25, 0.3) is 11.3 Å². The maximum absolute atomic E-state index is 5.39. The van der Waals surface area contributed by atoms with Crippen LogP contribution in [0.4, 0.5) is 5.69 Å². The Morgan fingerprint density at radius 3 is 2.42 bits per heavy atom. The molecule has 0 bridgehead atoms. The molecule has 0 aliphatic heterocycles. The van der Waals surface area contributed by atoms with Crippen molar-refractivity contribution in [3.63, 3.8) is 0 Å². The molecule has 19 heavy (non-hydrogen) atoms. The molecule has 0 spiro atoms. The van der Waals surface area contributed by atoms with Gasteiger partial charge >= 0.3 is 0 Å². The first-order chi connectivity index (χ1) is 9.15. The molecular weight excluding hydrogens is 240 g/mol. The molecule has 1 heterocycles. The molecule has 0 aliphatic carbocycles. The summed E-state index contributed by atoms with van der Waals surface area (Å²) in [5, 5.41) is 0. The summed E-state index contributed by atoms with van der Waals surface area (Å²) >= 11 is 0. The standard InChI is InChI=1S/C15H18N2O2/c1-17(2)11-7-8-16-14(9-11)13-10-12(18-3)5-6-15(13)19-4/h5-10H,1-4H3. The van der Waals surface area contributed by atoms with Crippen LogP contribution in [0.1, 0.15) is 0 Å². The minimum Gasteiger partial charge on any atom is -0.497 e. The topological polar surface area (TPSA) is 34.6 Å². The molecule has 100 valence electrons. The van der Waals surface area contributed by atoms with E-state index in [9.17, 15) is 0 Å². The van der Waals surface area contributed by atoms with Crippen molar-refractivity contribution < 1.29 is 9.47 Å². The SMILES string of the molecule is COc1ccc(OC)c(-c2cc(N(C)C)ccn2)c1. The van der Waals surface area contributed by atoms with Crippen molar-refractivity contribution in [3.05, 3.63) is 36.5 Å². The van der Waals surface area contributed by atoms with E-state index in [1.165, 1.54) is 0 Å². The predicted molar refractivity (Wildman–Crippen MR) is 77.1 cm³/mol. The van der Waals surface area contributed by atoms with Crippen molar-refractivity contribution in [2.75, 3.05) is 33.2 Å². The second-order valence-electron chi connectivity index (χ2n) is 4.36. The number of aromatic nitrogens is 1. The molecule has 0 fully saturated rings. The van der Waals surface area contributed by atoms with E-state index in [1.54, 1.807) is 20.4 Å². The summed E-state index contributed by atoms with van der Waals surface area (Å²) in [4.78, 5) is 6.45. The summed E-state index contributed by atoms with van der Waals surface area (Å²) in [6.45, 7) is 0. The third-order valence-corrected chi connectivity index (χ3v) is 2.94. The number of nitrogens with zero attached hydrogens (tertiary/aromatic N) is 2. The Hall–Kier alpha value is -2.23. The van der Waals surface area contributed by atoms with Gasteiger partial charge in [-0.25, -0.2) is 0 Å². The molecule has 0 aliphatic rings. The van der Waals surface area contributed by atoms with Crippen LogP contribution in [0.15, 0.2) is 36.5 Å². The van der Waals surface area contributed by atoms with E-state index in [-0.39, 0.29) is 0 Å². The summed E-state index contributed by atoms with van der Waals surface area (Å²) in [5.41, 5.74) is 2.88. The third kappa shape index (κ3) is 2.78. The number of benzene rings is 1. The minimum atomic E-state index is 0.782. The normalized spacial score (nSPS) is 10.1. The summed E-state index contributed by atoms with van der Waals surface area (Å²) in [7, 11) is 7.31. The van der Waals surface area contributed by atoms with Gasteiger partial charge in [-0.3, -0.25) is 4.98 Å². The summed E-state index contributed by atoms with van der Waals surface area (Å²) in [5.74, 6) is 1.57. The van der Waals surface area contributed by atoms with E-state index in [0.29, 0.717) is 0 Å². The van der Waals surface area contributed by atoms with Gasteiger partial charge in [0, 0.05) is 31.5 Å². The fraction of sp³-hybridized carbons (Fsp3) is 0.267. The van der Waals surface area contributed by atoms with Crippen LogP contribution in [0.2, 0.25) is 0 Å². The maximum Gasteiger partial charge on any atom is 0.128 e. The highest BCUT2D eigenvalue weighted by Crippen LogP contribution is 2.33. The Morgan fingerprint density at radius 2 is 1.79 bits per heavy atom. The van der Waals surface area contributed by atoms with E-state index in [0.717, 1.165) is 28.4 Å². The van der Waals surface area contributed by atoms with Gasteiger partial charge in [0.15, 0.2) is 0 Å². The van der Waals surface area contributed by atoms with Crippen LogP contribution in [0.3, 0.4) is 0 Å². The first-order valence-corrected chi connectivity index (χ1v) is 6.01. The van der Waals surface area contributed by atoms with Crippen molar-refractivity contribution in [2.24, 2.45) is 0 Å². The van der Waals surface area contributed by atoms with Gasteiger partial charge in [-0.15, -0.1) is 0 Å². The number of hydrogen-bond acceptors (Lipinski definition) is 4. The van der Waals surface area contributed by atoms with Crippen LogP contribution in [0.5, 0.6) is 11.5 Å². The largest absolute Gasteiger partial charge is 0.497 e. The van der Waals surface area contributed by atoms with E-state index in [2.05, 4.69) is 4.98 Å². The fourth-order valence-corrected chi connectivity index (χ4v) is 1.86. The van der Waals surface area contributed by atoms with Crippen molar-refractivity contribution in [1.82, 2.24) is 4.98 Å². The predicted octanol–water partition coefficient (Wildman–Crippen LogP) is 2.83. The number of rotatable bonds is 4. The monoisotopic (exact) mass is 258 g/mol. The highest BCUT2D eigenvalue weighted by Gasteiger charge is 2.10. The highest BCUT2D eigenvalue weighted by atomic mass is 16.5. The molecule has 0 unspecified atom stereocenters. The lowest BCUT2D eigenvalue weighted by atomic mass is 10.1. The molecule has 0 N–H and O–H groups in total. The van der Waals surface area contributed by atoms with Crippen molar-refractivity contribution >= 4 is 5.69 Å². The first-order valence-electron chi connectivity index (χ1n) is 6.01. The average Bonchev–Trinajstić information content (AvgIpc) is 2.46. The molecule has 0 saturated heterocycles. The van der Waals surface area contributed by atoms with Gasteiger partial charge in [0.25, 0.3) is 0 Å². The Balaban J connectivity index is 2.53. The Morgan fingerprint density at radius 1 is 1.00 bits per heavy atom. The number of ether oxygens (including phenoxy) is 2. The van der Waals surface area contributed by atoms with Crippen molar-refractivity contribution in [2.45, 2.75) is 0 Å². The molecule has 2 rings (SSSR count). The van der Waals surface area contributed by atoms with Gasteiger partial charge in [-0.1, -0.05) is 0 Å². The lowest BCUT2D eigenvalue weighted by Crippen LogP contribution is -2.08. The zero-order valence-electron chi connectivity index (χ0n) is 11.7. The Kier molecular flexibility index (Phi) is 3.90. The zero-order chi connectivity index (χ0) is 13.8. The molecule has 4 heteroatoms. The van der Waals surface area contributed by atoms with Crippen molar-refractivity contribution in [3.8, 4) is 22.8 Å². The van der Waals surface area contributed by atoms with Crippen LogP contribution >= 0.6 is 0 Å². The Labute approximate surface area is 113 Å². The lowest BCUT2D eigenvalue weighted by molar-refractivity contribution is 0.404. The van der Waals surface area contributed by atoms with Gasteiger partial charge in [0.1, 0.15) is 11.5 Å². The summed E-state index contributed by atoms with van der Waals surface area (Å²) in [6, 6.07) is 9.68. The molecule has 0 amide bonds. The smallest absolute Gasteiger partial charge is 0.128 e. The molecule has 4 nitrogen and oxygen atoms in total. The fourth-order valence-electron chi connectivity index (χ4n) is 1.86. The highest BCUT2D eigenvalue weighted by molar-refractivity contribution is 5.71. The molecule has 0 saturated carbocycles. The van der Waals surface area contributed by atoms with Gasteiger partial charge in [0.05, 0.1) is 19.9 Å². The van der Waals surface area contributed by atoms with Gasteiger partial charge in [0.2, 0.25) is 0 Å². The van der Waals surface area contributed by atoms with Gasteiger partial charge < -0.3 is 14.4 Å². The molecule has 2 aromatic rings. The third-order valence-electron chi connectivity index (χ3n) is 2.94. The van der Waals surface area contributed by atoms with Crippen LogP contribution in [-0.4, -0.2) is 33.3 Å². The maximum atomic E-state index is 5.39. The van der Waals surface area contributed by atoms with Gasteiger partial charge in [-0.05, 0) is 30.3 Å². The van der Waals surface area contributed by atoms with E-state index in [4.69, 9.17) is 9.47 Å². The molecule has 0 radical (unpaired) electrons. The van der Waals surface area contributed by atoms with E-state index >= 15 is 0 Å². The van der Waals surface area contributed by atoms with Crippen molar-refractivity contribution in [1.29, 1.82) is 0 Å².